The first-order valence-electron chi connectivity index (χ1n) is 8.20. The van der Waals surface area contributed by atoms with Gasteiger partial charge in [0.05, 0.1) is 11.4 Å². The van der Waals surface area contributed by atoms with E-state index in [0.717, 1.165) is 41.1 Å². The Morgan fingerprint density at radius 3 is 2.88 bits per heavy atom. The van der Waals surface area contributed by atoms with Gasteiger partial charge in [0.2, 0.25) is 10.0 Å². The number of nitrogens with one attached hydrogen (secondary N) is 1. The van der Waals surface area contributed by atoms with Crippen molar-refractivity contribution < 1.29 is 8.42 Å². The maximum absolute atomic E-state index is 12.5. The maximum atomic E-state index is 12.5. The van der Waals surface area contributed by atoms with Gasteiger partial charge < -0.3 is 0 Å². The fourth-order valence-corrected chi connectivity index (χ4v) is 5.57. The van der Waals surface area contributed by atoms with Crippen molar-refractivity contribution in [3.63, 3.8) is 0 Å². The van der Waals surface area contributed by atoms with Crippen LogP contribution in [0.3, 0.4) is 0 Å². The molecule has 1 aliphatic carbocycles. The molecule has 0 aromatic carbocycles. The minimum atomic E-state index is -3.12. The molecule has 24 heavy (non-hydrogen) atoms. The van der Waals surface area contributed by atoms with E-state index in [1.54, 1.807) is 22.9 Å². The number of rotatable bonds is 3. The van der Waals surface area contributed by atoms with Gasteiger partial charge in [-0.2, -0.15) is 5.10 Å². The zero-order chi connectivity index (χ0) is 16.3. The monoisotopic (exact) mass is 343 g/mol. The van der Waals surface area contributed by atoms with E-state index in [9.17, 15) is 8.42 Å². The van der Waals surface area contributed by atoms with Gasteiger partial charge in [0.1, 0.15) is 0 Å². The Morgan fingerprint density at radius 1 is 1.17 bits per heavy atom. The van der Waals surface area contributed by atoms with Crippen LogP contribution >= 0.6 is 0 Å². The van der Waals surface area contributed by atoms with Gasteiger partial charge in [0.15, 0.2) is 5.65 Å². The summed E-state index contributed by atoms with van der Waals surface area (Å²) in [6.45, 7) is 1.11. The third kappa shape index (κ3) is 2.06. The number of hydrogen-bond acceptors (Lipinski definition) is 5. The molecule has 0 spiro atoms. The van der Waals surface area contributed by atoms with Crippen molar-refractivity contribution in [3.05, 3.63) is 30.4 Å². The van der Waals surface area contributed by atoms with Crippen molar-refractivity contribution in [3.8, 4) is 0 Å². The Hall–Kier alpha value is -2.06. The summed E-state index contributed by atoms with van der Waals surface area (Å²) in [5.74, 6) is 0.121. The van der Waals surface area contributed by atoms with Gasteiger partial charge in [-0.25, -0.2) is 22.7 Å². The highest BCUT2D eigenvalue weighted by molar-refractivity contribution is 7.90. The van der Waals surface area contributed by atoms with E-state index in [2.05, 4.69) is 20.2 Å². The molecule has 2 fully saturated rings. The van der Waals surface area contributed by atoms with Crippen molar-refractivity contribution in [1.29, 1.82) is 0 Å². The predicted molar refractivity (Wildman–Crippen MR) is 90.1 cm³/mol. The Morgan fingerprint density at radius 2 is 2.04 bits per heavy atom. The van der Waals surface area contributed by atoms with Crippen LogP contribution in [0.1, 0.15) is 30.9 Å². The van der Waals surface area contributed by atoms with Crippen LogP contribution in [0.15, 0.2) is 24.7 Å². The van der Waals surface area contributed by atoms with Crippen LogP contribution in [0.25, 0.3) is 21.8 Å². The lowest BCUT2D eigenvalue weighted by Gasteiger charge is -2.17. The molecule has 1 unspecified atom stereocenters. The number of aromatic amines is 1. The lowest BCUT2D eigenvalue weighted by Crippen LogP contribution is -2.31. The van der Waals surface area contributed by atoms with Crippen LogP contribution in [-0.2, 0) is 10.0 Å². The quantitative estimate of drug-likeness (QED) is 0.783. The standard InChI is InChI=1S/C16H17N5O2S/c22-24(23,12-1-2-12)21-6-4-10(9-21)15-14-11(8-19-20-15)7-18-16-13(14)3-5-17-16/h3,5,7-8,10,12,20H,1-2,4,6,9H2. The third-order valence-corrected chi connectivity index (χ3v) is 7.45. The first-order chi connectivity index (χ1) is 11.6. The fourth-order valence-electron chi connectivity index (χ4n) is 3.67. The van der Waals surface area contributed by atoms with Crippen LogP contribution in [0.5, 0.6) is 0 Å². The minimum Gasteiger partial charge on any atom is -0.282 e. The molecule has 4 heterocycles. The average Bonchev–Trinajstić information content (AvgIpc) is 3.15. The van der Waals surface area contributed by atoms with E-state index in [-0.39, 0.29) is 11.2 Å². The normalized spacial score (nSPS) is 22.6. The molecule has 8 heteroatoms. The molecule has 1 saturated heterocycles. The van der Waals surface area contributed by atoms with E-state index in [1.165, 1.54) is 0 Å². The van der Waals surface area contributed by atoms with Crippen molar-refractivity contribution in [1.82, 2.24) is 24.5 Å². The molecule has 0 amide bonds. The largest absolute Gasteiger partial charge is 0.282 e. The summed E-state index contributed by atoms with van der Waals surface area (Å²) < 4.78 is 26.6. The Balaban J connectivity index is 1.59. The topological polar surface area (TPSA) is 91.8 Å². The van der Waals surface area contributed by atoms with Crippen molar-refractivity contribution in [2.75, 3.05) is 13.1 Å². The summed E-state index contributed by atoms with van der Waals surface area (Å²) in [6.07, 6.45) is 7.70. The van der Waals surface area contributed by atoms with Gasteiger partial charge >= 0.3 is 0 Å². The summed E-state index contributed by atoms with van der Waals surface area (Å²) in [5, 5.41) is 10.2. The Kier molecular flexibility index (Phi) is 2.96. The van der Waals surface area contributed by atoms with Crippen LogP contribution in [0.4, 0.5) is 0 Å². The van der Waals surface area contributed by atoms with E-state index >= 15 is 0 Å². The van der Waals surface area contributed by atoms with Crippen LogP contribution in [0.2, 0.25) is 0 Å². The lowest BCUT2D eigenvalue weighted by atomic mass is 9.98. The molecule has 3 aromatic heterocycles. The zero-order valence-corrected chi connectivity index (χ0v) is 13.8. The summed E-state index contributed by atoms with van der Waals surface area (Å²) in [7, 11) is -3.12. The molecular formula is C16H17N5O2S. The van der Waals surface area contributed by atoms with Gasteiger partial charge in [-0.1, -0.05) is 0 Å². The average molecular weight is 343 g/mol. The smallest absolute Gasteiger partial charge is 0.217 e. The van der Waals surface area contributed by atoms with Gasteiger partial charge in [-0.05, 0) is 25.3 Å². The minimum absolute atomic E-state index is 0.121. The second-order valence-electron chi connectivity index (χ2n) is 6.64. The van der Waals surface area contributed by atoms with Gasteiger partial charge in [0.25, 0.3) is 0 Å². The highest BCUT2D eigenvalue weighted by Gasteiger charge is 2.43. The predicted octanol–water partition coefficient (Wildman–Crippen LogP) is 1.79. The summed E-state index contributed by atoms with van der Waals surface area (Å²) in [4.78, 5) is 8.62. The highest BCUT2D eigenvalue weighted by Crippen LogP contribution is 2.38. The van der Waals surface area contributed by atoms with Gasteiger partial charge in [-0.3, -0.25) is 5.10 Å². The van der Waals surface area contributed by atoms with Crippen LogP contribution in [0, 0.1) is 0 Å². The molecule has 0 bridgehead atoms. The van der Waals surface area contributed by atoms with E-state index in [4.69, 9.17) is 0 Å². The molecule has 3 aromatic rings. The molecule has 1 atom stereocenters. The summed E-state index contributed by atoms with van der Waals surface area (Å²) in [5.41, 5.74) is 1.70. The Bertz CT molecular complexity index is 1040. The fraction of sp³-hybridized carbons (Fsp3) is 0.438. The van der Waals surface area contributed by atoms with Crippen molar-refractivity contribution in [2.24, 2.45) is 0 Å². The molecule has 1 saturated carbocycles. The number of aromatic nitrogens is 4. The lowest BCUT2D eigenvalue weighted by molar-refractivity contribution is 0.471. The van der Waals surface area contributed by atoms with Gasteiger partial charge in [-0.15, -0.1) is 0 Å². The second-order valence-corrected chi connectivity index (χ2v) is 8.86. The molecular weight excluding hydrogens is 326 g/mol. The molecule has 124 valence electrons. The highest BCUT2D eigenvalue weighted by atomic mass is 32.2. The number of sulfonamides is 1. The van der Waals surface area contributed by atoms with Crippen molar-refractivity contribution >= 4 is 31.8 Å². The van der Waals surface area contributed by atoms with E-state index in [0.29, 0.717) is 18.7 Å². The molecule has 1 aliphatic heterocycles. The zero-order valence-electron chi connectivity index (χ0n) is 13.0. The first-order valence-corrected chi connectivity index (χ1v) is 9.70. The third-order valence-electron chi connectivity index (χ3n) is 5.09. The summed E-state index contributed by atoms with van der Waals surface area (Å²) >= 11 is 0. The molecule has 0 radical (unpaired) electrons. The molecule has 2 aliphatic rings. The molecule has 1 N–H and O–H groups in total. The van der Waals surface area contributed by atoms with E-state index in [1.807, 2.05) is 6.07 Å². The van der Waals surface area contributed by atoms with Crippen LogP contribution in [-0.4, -0.2) is 51.2 Å². The number of nitrogens with zero attached hydrogens (tertiary/aromatic N) is 4. The van der Waals surface area contributed by atoms with Crippen molar-refractivity contribution in [2.45, 2.75) is 30.4 Å². The number of pyridine rings is 1. The number of fused-ring (bicyclic) bond motifs is 3. The molecule has 7 nitrogen and oxygen atoms in total. The van der Waals surface area contributed by atoms with Gasteiger partial charge in [0, 0.05) is 53.3 Å². The summed E-state index contributed by atoms with van der Waals surface area (Å²) in [6, 6.07) is 1.95. The first kappa shape index (κ1) is 14.3. The van der Waals surface area contributed by atoms with Crippen LogP contribution < -0.4 is 0 Å². The SMILES string of the molecule is O=S(=O)(C1CC1)N1CCC(c2[nH]ncc3cnc4nccc4c23)C1. The maximum Gasteiger partial charge on any atom is 0.217 e. The number of hydrogen-bond donors (Lipinski definition) is 1. The number of H-pyrrole nitrogens is 1. The Labute approximate surface area is 139 Å². The van der Waals surface area contributed by atoms with E-state index < -0.39 is 10.0 Å². The second kappa shape index (κ2) is 4.97. The molecule has 5 rings (SSSR count).